The van der Waals surface area contributed by atoms with Crippen LogP contribution in [0.2, 0.25) is 5.28 Å². The first-order valence-electron chi connectivity index (χ1n) is 6.74. The molecule has 6 heteroatoms. The van der Waals surface area contributed by atoms with Gasteiger partial charge in [-0.05, 0) is 30.4 Å². The van der Waals surface area contributed by atoms with Crippen LogP contribution in [0.5, 0.6) is 0 Å². The highest BCUT2D eigenvalue weighted by atomic mass is 35.5. The molecular weight excluding hydrogens is 262 g/mol. The molecule has 0 saturated heterocycles. The van der Waals surface area contributed by atoms with E-state index in [-0.39, 0.29) is 5.28 Å². The third-order valence-corrected chi connectivity index (χ3v) is 4.22. The Bertz CT molecular complexity index is 581. The number of anilines is 1. The van der Waals surface area contributed by atoms with Gasteiger partial charge in [-0.25, -0.2) is 0 Å². The molecule has 2 aromatic heterocycles. The lowest BCUT2D eigenvalue weighted by Crippen LogP contribution is -2.36. The van der Waals surface area contributed by atoms with Crippen LogP contribution in [0.25, 0.3) is 11.0 Å². The van der Waals surface area contributed by atoms with Gasteiger partial charge in [0, 0.05) is 13.1 Å². The second-order valence-corrected chi connectivity index (χ2v) is 5.82. The summed E-state index contributed by atoms with van der Waals surface area (Å²) in [4.78, 5) is 10.8. The van der Waals surface area contributed by atoms with Crippen molar-refractivity contribution >= 4 is 28.5 Å². The molecule has 2 aromatic rings. The number of hydrogen-bond acceptors (Lipinski definition) is 4. The molecule has 0 aliphatic heterocycles. The topological polar surface area (TPSA) is 57.7 Å². The van der Waals surface area contributed by atoms with Gasteiger partial charge in [0.25, 0.3) is 0 Å². The zero-order valence-corrected chi connectivity index (χ0v) is 12.0. The third kappa shape index (κ3) is 2.39. The first-order valence-corrected chi connectivity index (χ1v) is 7.12. The molecule has 0 spiro atoms. The molecule has 1 fully saturated rings. The molecule has 3 rings (SSSR count). The molecule has 1 saturated carbocycles. The summed E-state index contributed by atoms with van der Waals surface area (Å²) in [5.41, 5.74) is 0.700. The number of H-pyrrole nitrogens is 1. The number of hydrogen-bond donors (Lipinski definition) is 1. The van der Waals surface area contributed by atoms with Crippen LogP contribution >= 0.6 is 11.6 Å². The van der Waals surface area contributed by atoms with E-state index in [1.54, 1.807) is 6.20 Å². The van der Waals surface area contributed by atoms with Gasteiger partial charge in [-0.3, -0.25) is 5.10 Å². The standard InChI is InChI=1S/C13H18ClN5/c1-8-4-3-5-9(6-8)19(2)12-10-7-15-18-11(10)16-13(14)17-12/h7-9H,3-6H2,1-2H3,(H,15,16,17,18). The Labute approximate surface area is 117 Å². The summed E-state index contributed by atoms with van der Waals surface area (Å²) in [7, 11) is 2.09. The van der Waals surface area contributed by atoms with E-state index in [1.165, 1.54) is 25.7 Å². The van der Waals surface area contributed by atoms with E-state index in [9.17, 15) is 0 Å². The smallest absolute Gasteiger partial charge is 0.226 e. The highest BCUT2D eigenvalue weighted by molar-refractivity contribution is 6.28. The van der Waals surface area contributed by atoms with Crippen molar-refractivity contribution in [2.45, 2.75) is 38.6 Å². The summed E-state index contributed by atoms with van der Waals surface area (Å²) in [5.74, 6) is 1.65. The number of rotatable bonds is 2. The molecule has 2 atom stereocenters. The molecule has 1 N–H and O–H groups in total. The van der Waals surface area contributed by atoms with Crippen molar-refractivity contribution < 1.29 is 0 Å². The number of nitrogens with zero attached hydrogens (tertiary/aromatic N) is 4. The quantitative estimate of drug-likeness (QED) is 0.859. The van der Waals surface area contributed by atoms with E-state index in [4.69, 9.17) is 11.6 Å². The van der Waals surface area contributed by atoms with Crippen LogP contribution in [-0.4, -0.2) is 33.3 Å². The van der Waals surface area contributed by atoms with Crippen LogP contribution in [0.15, 0.2) is 6.20 Å². The van der Waals surface area contributed by atoms with Gasteiger partial charge in [0.05, 0.1) is 11.6 Å². The number of aromatic amines is 1. The SMILES string of the molecule is CC1CCCC(N(C)c2nc(Cl)nc3[nH]ncc23)C1. The Morgan fingerprint density at radius 1 is 1.37 bits per heavy atom. The fourth-order valence-corrected chi connectivity index (χ4v) is 3.15. The molecular formula is C13H18ClN5. The van der Waals surface area contributed by atoms with Crippen molar-refractivity contribution in [2.75, 3.05) is 11.9 Å². The average molecular weight is 280 g/mol. The van der Waals surface area contributed by atoms with Gasteiger partial charge < -0.3 is 4.90 Å². The maximum atomic E-state index is 6.00. The Balaban J connectivity index is 1.96. The van der Waals surface area contributed by atoms with Gasteiger partial charge in [0.1, 0.15) is 5.82 Å². The summed E-state index contributed by atoms with van der Waals surface area (Å²) in [6, 6.07) is 0.521. The summed E-state index contributed by atoms with van der Waals surface area (Å²) in [5, 5.41) is 8.09. The minimum atomic E-state index is 0.266. The Kier molecular flexibility index (Phi) is 3.31. The summed E-state index contributed by atoms with van der Waals surface area (Å²) < 4.78 is 0. The fourth-order valence-electron chi connectivity index (χ4n) is 2.99. The normalized spacial score (nSPS) is 23.7. The monoisotopic (exact) mass is 279 g/mol. The van der Waals surface area contributed by atoms with Crippen LogP contribution in [0.1, 0.15) is 32.6 Å². The van der Waals surface area contributed by atoms with Gasteiger partial charge >= 0.3 is 0 Å². The van der Waals surface area contributed by atoms with E-state index in [0.717, 1.165) is 17.1 Å². The van der Waals surface area contributed by atoms with Gasteiger partial charge in [-0.1, -0.05) is 19.8 Å². The zero-order valence-electron chi connectivity index (χ0n) is 11.2. The van der Waals surface area contributed by atoms with Crippen LogP contribution in [-0.2, 0) is 0 Å². The van der Waals surface area contributed by atoms with Crippen molar-refractivity contribution in [2.24, 2.45) is 5.92 Å². The van der Waals surface area contributed by atoms with E-state index >= 15 is 0 Å². The van der Waals surface area contributed by atoms with E-state index in [0.29, 0.717) is 11.7 Å². The van der Waals surface area contributed by atoms with Crippen LogP contribution < -0.4 is 4.90 Å². The molecule has 2 unspecified atom stereocenters. The van der Waals surface area contributed by atoms with Crippen molar-refractivity contribution in [3.05, 3.63) is 11.5 Å². The minimum absolute atomic E-state index is 0.266. The second kappa shape index (κ2) is 4.96. The third-order valence-electron chi connectivity index (χ3n) is 4.05. The molecule has 2 heterocycles. The molecule has 1 aliphatic carbocycles. The summed E-state index contributed by atoms with van der Waals surface area (Å²) in [6.45, 7) is 2.32. The molecule has 1 aliphatic rings. The lowest BCUT2D eigenvalue weighted by atomic mass is 9.86. The van der Waals surface area contributed by atoms with Gasteiger partial charge in [-0.15, -0.1) is 0 Å². The molecule has 0 bridgehead atoms. The first-order chi connectivity index (χ1) is 9.15. The van der Waals surface area contributed by atoms with E-state index in [2.05, 4.69) is 39.0 Å². The summed E-state index contributed by atoms with van der Waals surface area (Å²) >= 11 is 6.00. The predicted octanol–water partition coefficient (Wildman–Crippen LogP) is 3.02. The van der Waals surface area contributed by atoms with Gasteiger partial charge in [0.15, 0.2) is 5.65 Å². The molecule has 102 valence electrons. The van der Waals surface area contributed by atoms with Crippen molar-refractivity contribution in [1.29, 1.82) is 0 Å². The molecule has 5 nitrogen and oxygen atoms in total. The van der Waals surface area contributed by atoms with Crippen molar-refractivity contribution in [3.8, 4) is 0 Å². The van der Waals surface area contributed by atoms with Gasteiger partial charge in [0.2, 0.25) is 5.28 Å². The maximum absolute atomic E-state index is 6.00. The largest absolute Gasteiger partial charge is 0.356 e. The van der Waals surface area contributed by atoms with Crippen LogP contribution in [0.4, 0.5) is 5.82 Å². The second-order valence-electron chi connectivity index (χ2n) is 5.49. The number of aromatic nitrogens is 4. The van der Waals surface area contributed by atoms with Crippen LogP contribution in [0.3, 0.4) is 0 Å². The molecule has 19 heavy (non-hydrogen) atoms. The Hall–Kier alpha value is -1.36. The average Bonchev–Trinajstić information content (AvgIpc) is 2.85. The first kappa shape index (κ1) is 12.7. The highest BCUT2D eigenvalue weighted by Gasteiger charge is 2.25. The lowest BCUT2D eigenvalue weighted by Gasteiger charge is -2.35. The van der Waals surface area contributed by atoms with E-state index in [1.807, 2.05) is 0 Å². The highest BCUT2D eigenvalue weighted by Crippen LogP contribution is 2.31. The maximum Gasteiger partial charge on any atom is 0.226 e. The zero-order chi connectivity index (χ0) is 13.4. The van der Waals surface area contributed by atoms with Crippen LogP contribution in [0, 0.1) is 5.92 Å². The number of nitrogens with one attached hydrogen (secondary N) is 1. The Morgan fingerprint density at radius 2 is 2.21 bits per heavy atom. The summed E-state index contributed by atoms with van der Waals surface area (Å²) in [6.07, 6.45) is 6.79. The minimum Gasteiger partial charge on any atom is -0.356 e. The molecule has 0 aromatic carbocycles. The van der Waals surface area contributed by atoms with E-state index < -0.39 is 0 Å². The molecule has 0 radical (unpaired) electrons. The Morgan fingerprint density at radius 3 is 3.00 bits per heavy atom. The predicted molar refractivity (Wildman–Crippen MR) is 76.5 cm³/mol. The van der Waals surface area contributed by atoms with Crippen molar-refractivity contribution in [3.63, 3.8) is 0 Å². The number of fused-ring (bicyclic) bond motifs is 1. The number of halogens is 1. The molecule has 0 amide bonds. The lowest BCUT2D eigenvalue weighted by molar-refractivity contribution is 0.336. The van der Waals surface area contributed by atoms with Gasteiger partial charge in [-0.2, -0.15) is 15.1 Å². The van der Waals surface area contributed by atoms with Crippen molar-refractivity contribution in [1.82, 2.24) is 20.2 Å². The fraction of sp³-hybridized carbons (Fsp3) is 0.615.